The van der Waals surface area contributed by atoms with Crippen molar-refractivity contribution in [3.05, 3.63) is 82.7 Å². The third-order valence-electron chi connectivity index (χ3n) is 3.51. The summed E-state index contributed by atoms with van der Waals surface area (Å²) >= 11 is 0. The number of hydrogen-bond donors (Lipinski definition) is 2. The van der Waals surface area contributed by atoms with Crippen molar-refractivity contribution in [2.45, 2.75) is 11.8 Å². The van der Waals surface area contributed by atoms with E-state index in [1.54, 1.807) is 0 Å². The van der Waals surface area contributed by atoms with E-state index in [2.05, 4.69) is 9.29 Å². The van der Waals surface area contributed by atoms with Gasteiger partial charge >= 0.3 is 16.1 Å². The molecule has 0 spiro atoms. The summed E-state index contributed by atoms with van der Waals surface area (Å²) in [6, 6.07) is 7.98. The first-order valence-electron chi connectivity index (χ1n) is 9.46. The summed E-state index contributed by atoms with van der Waals surface area (Å²) in [5.74, 6) is -5.05. The van der Waals surface area contributed by atoms with Crippen molar-refractivity contribution < 1.29 is 40.5 Å². The molecule has 1 aliphatic rings. The summed E-state index contributed by atoms with van der Waals surface area (Å²) in [5.41, 5.74) is 1.64. The van der Waals surface area contributed by atoms with Crippen molar-refractivity contribution in [2.75, 3.05) is 0 Å². The lowest BCUT2D eigenvalue weighted by atomic mass is 10.0. The highest BCUT2D eigenvalue weighted by Crippen LogP contribution is 2.32. The largest absolute Gasteiger partial charge is 0.478 e. The number of aromatic carboxylic acids is 1. The topological polar surface area (TPSA) is 133 Å². The number of carboxylic acids is 1. The lowest BCUT2D eigenvalue weighted by molar-refractivity contribution is -0.123. The number of Topliss-reactive ketones (excluding diaryl/α,β-unsaturated/α-hetero) is 1. The van der Waals surface area contributed by atoms with Crippen molar-refractivity contribution in [3.63, 3.8) is 0 Å². The van der Waals surface area contributed by atoms with E-state index in [-0.39, 0.29) is 11.1 Å². The van der Waals surface area contributed by atoms with Crippen molar-refractivity contribution >= 4 is 21.9 Å². The summed E-state index contributed by atoms with van der Waals surface area (Å²) in [7, 11) is -5.22. The lowest BCUT2D eigenvalue weighted by Crippen LogP contribution is -2.16. The van der Waals surface area contributed by atoms with Crippen molar-refractivity contribution in [3.8, 4) is 0 Å². The van der Waals surface area contributed by atoms with Crippen molar-refractivity contribution in [2.24, 2.45) is 5.73 Å². The van der Waals surface area contributed by atoms with E-state index in [1.165, 1.54) is 0 Å². The molecule has 0 amide bonds. The maximum absolute atomic E-state index is 13.1. The highest BCUT2D eigenvalue weighted by molar-refractivity contribution is 7.86. The molecule has 0 aliphatic carbocycles. The Morgan fingerprint density at radius 1 is 1.29 bits per heavy atom. The van der Waals surface area contributed by atoms with Gasteiger partial charge < -0.3 is 19.8 Å². The Balaban J connectivity index is 1.89. The number of rotatable bonds is 6. The van der Waals surface area contributed by atoms with Crippen LogP contribution in [0.4, 0.5) is 4.39 Å². The van der Waals surface area contributed by atoms with Crippen LogP contribution >= 0.6 is 0 Å². The number of carboxylic acid groups (broad SMARTS) is 1. The Kier molecular flexibility index (Phi) is 3.82. The van der Waals surface area contributed by atoms with E-state index >= 15 is 0 Å². The molecule has 3 rings (SSSR count). The van der Waals surface area contributed by atoms with E-state index < -0.39 is 56.7 Å². The number of ether oxygens (including phenoxy) is 1. The van der Waals surface area contributed by atoms with E-state index in [4.69, 9.17) is 16.0 Å². The van der Waals surface area contributed by atoms with Crippen LogP contribution in [-0.4, -0.2) is 25.3 Å². The first kappa shape index (κ1) is 14.6. The van der Waals surface area contributed by atoms with Gasteiger partial charge in [0.25, 0.3) is 1.43 Å². The zero-order valence-corrected chi connectivity index (χ0v) is 14.7. The summed E-state index contributed by atoms with van der Waals surface area (Å²) in [5, 5.41) is 3.81. The molecule has 0 saturated carbocycles. The van der Waals surface area contributed by atoms with E-state index in [0.717, 1.165) is 48.5 Å². The number of benzene rings is 2. The molecule has 10 heteroatoms. The minimum atomic E-state index is -5.22. The Labute approximate surface area is 164 Å². The summed E-state index contributed by atoms with van der Waals surface area (Å²) in [6.07, 6.45) is -2.58. The van der Waals surface area contributed by atoms with Gasteiger partial charge in [0.2, 0.25) is 17.4 Å². The van der Waals surface area contributed by atoms with Gasteiger partial charge in [0.15, 0.2) is 6.08 Å². The van der Waals surface area contributed by atoms with Gasteiger partial charge in [-0.05, 0) is 29.8 Å². The predicted octanol–water partition coefficient (Wildman–Crippen LogP) is 1.84. The van der Waals surface area contributed by atoms with Gasteiger partial charge in [-0.1, -0.05) is 24.3 Å². The number of carbonyl (C=O) groups is 2. The van der Waals surface area contributed by atoms with Gasteiger partial charge in [-0.15, -0.1) is 0 Å². The second kappa shape index (κ2) is 7.31. The average Bonchev–Trinajstić information content (AvgIpc) is 2.97. The zero-order valence-electron chi connectivity index (χ0n) is 17.8. The van der Waals surface area contributed by atoms with Crippen LogP contribution in [0.3, 0.4) is 0 Å². The molecule has 0 unspecified atom stereocenters. The van der Waals surface area contributed by atoms with Gasteiger partial charge in [-0.3, -0.25) is 4.79 Å². The van der Waals surface area contributed by atoms with Crippen LogP contribution in [-0.2, 0) is 29.5 Å². The molecule has 28 heavy (non-hydrogen) atoms. The molecular formula is C18H14FNO7S. The summed E-state index contributed by atoms with van der Waals surface area (Å²) in [6.45, 7) is 0. The highest BCUT2D eigenvalue weighted by Gasteiger charge is 2.39. The van der Waals surface area contributed by atoms with Crippen LogP contribution in [0, 0.1) is 5.82 Å². The van der Waals surface area contributed by atoms with E-state index in [0.29, 0.717) is 0 Å². The fraction of sp³-hybridized carbons (Fsp3) is 0.111. The predicted molar refractivity (Wildman–Crippen MR) is 93.6 cm³/mol. The minimum absolute atomic E-state index is 0.0646. The smallest absolute Gasteiger partial charge is 0.335 e. The minimum Gasteiger partial charge on any atom is -0.478 e. The van der Waals surface area contributed by atoms with Gasteiger partial charge in [-0.25, -0.2) is 9.18 Å². The highest BCUT2D eigenvalue weighted by atomic mass is 32.2. The molecule has 0 radical (unpaired) electrons. The van der Waals surface area contributed by atoms with Gasteiger partial charge in [-0.2, -0.15) is 8.42 Å². The molecule has 1 atom stereocenters. The molecule has 0 fully saturated rings. The Bertz CT molecular complexity index is 1220. The van der Waals surface area contributed by atoms with Gasteiger partial charge in [0.05, 0.1) is 9.68 Å². The maximum Gasteiger partial charge on any atom is 0.335 e. The number of ketones is 1. The van der Waals surface area contributed by atoms with Crippen LogP contribution in [0.15, 0.2) is 60.2 Å². The molecular weight excluding hydrogens is 393 g/mol. The zero-order chi connectivity index (χ0) is 23.9. The Morgan fingerprint density at radius 2 is 1.93 bits per heavy atom. The third-order valence-corrected chi connectivity index (χ3v) is 4.38. The summed E-state index contributed by atoms with van der Waals surface area (Å²) < 4.78 is 78.6. The lowest BCUT2D eigenvalue weighted by Gasteiger charge is -2.10. The number of hydrogen-bond acceptors (Lipinski definition) is 8. The normalized spacial score (nSPS) is 21.8. The average molecular weight is 411 g/mol. The van der Waals surface area contributed by atoms with Crippen molar-refractivity contribution in [1.82, 2.24) is 0 Å². The third kappa shape index (κ3) is 4.12. The van der Waals surface area contributed by atoms with Crippen LogP contribution in [0.2, 0.25) is 0 Å². The quantitative estimate of drug-likeness (QED) is 0.688. The Morgan fingerprint density at radius 3 is 2.54 bits per heavy atom. The number of carbonyl (C=O) groups excluding carboxylic acids is 1. The molecule has 3 N–H and O–H groups in total. The fourth-order valence-corrected chi connectivity index (χ4v) is 3.08. The molecule has 8 nitrogen and oxygen atoms in total. The van der Waals surface area contributed by atoms with Crippen LogP contribution in [0.25, 0.3) is 1.43 Å². The molecule has 1 aliphatic heterocycles. The fourth-order valence-electron chi connectivity index (χ4n) is 2.24. The number of nitrogens with two attached hydrogens (primary N) is 1. The van der Waals surface area contributed by atoms with E-state index in [1.807, 2.05) is 0 Å². The first-order chi connectivity index (χ1) is 14.8. The molecule has 2 aromatic rings. The SMILES string of the molecule is [2H]OC(=O)c1ccc([C@]2([2H])OC(N)=C(OS(=O)(=O)C([2H])([2H])c3ccc(F)cc3)C2=O)cc1. The van der Waals surface area contributed by atoms with Crippen LogP contribution in [0.5, 0.6) is 0 Å². The molecule has 0 saturated heterocycles. The monoisotopic (exact) mass is 411 g/mol. The van der Waals surface area contributed by atoms with Gasteiger partial charge in [0.1, 0.15) is 11.5 Å². The molecule has 146 valence electrons. The van der Waals surface area contributed by atoms with Crippen LogP contribution < -0.4 is 5.73 Å². The standard InChI is InChI=1S/C18H14FNO7S/c19-13-7-1-10(2-8-13)9-28(24,25)27-16-14(21)15(26-17(16)20)11-3-5-12(6-4-11)18(22)23/h1-8,15H,9,20H2,(H,22,23)/t15-/m0/s1/i9D2,15D/hD. The molecule has 2 aromatic carbocycles. The molecule has 1 heterocycles. The number of halogens is 1. The summed E-state index contributed by atoms with van der Waals surface area (Å²) in [4.78, 5) is 24.1. The second-order valence-corrected chi connectivity index (χ2v) is 6.74. The van der Waals surface area contributed by atoms with Gasteiger partial charge in [0, 0.05) is 5.56 Å². The first-order valence-corrected chi connectivity index (χ1v) is 8.96. The maximum atomic E-state index is 13.1. The molecule has 0 aromatic heterocycles. The van der Waals surface area contributed by atoms with Crippen molar-refractivity contribution in [1.29, 1.82) is 1.43 Å². The van der Waals surface area contributed by atoms with E-state index in [9.17, 15) is 22.4 Å². The Hall–Kier alpha value is -3.40. The molecule has 0 bridgehead atoms. The second-order valence-electron chi connectivity index (χ2n) is 5.46. The van der Waals surface area contributed by atoms with Crippen LogP contribution in [0.1, 0.15) is 31.7 Å².